The standard InChI is InChI=1S/C15H20O2/c1-3-5-6-7-12-17-15-10-8-9-14(13-15)16-11-4-2/h2,8-10,13H,3,5-7,11-12H2,1H3. The predicted octanol–water partition coefficient (Wildman–Crippen LogP) is 3.66. The summed E-state index contributed by atoms with van der Waals surface area (Å²) in [6.45, 7) is 3.26. The summed E-state index contributed by atoms with van der Waals surface area (Å²) in [4.78, 5) is 0. The van der Waals surface area contributed by atoms with Gasteiger partial charge >= 0.3 is 0 Å². The Bertz CT molecular complexity index is 352. The molecule has 0 radical (unpaired) electrons. The lowest BCUT2D eigenvalue weighted by molar-refractivity contribution is 0.301. The molecule has 17 heavy (non-hydrogen) atoms. The van der Waals surface area contributed by atoms with E-state index >= 15 is 0 Å². The van der Waals surface area contributed by atoms with E-state index in [4.69, 9.17) is 15.9 Å². The van der Waals surface area contributed by atoms with E-state index in [-0.39, 0.29) is 0 Å². The molecule has 0 saturated carbocycles. The number of benzene rings is 1. The first-order chi connectivity index (χ1) is 8.36. The second-order valence-corrected chi connectivity index (χ2v) is 3.88. The molecule has 92 valence electrons. The molecule has 0 spiro atoms. The fraction of sp³-hybridized carbons (Fsp3) is 0.467. The average molecular weight is 232 g/mol. The molecule has 0 saturated heterocycles. The first-order valence-corrected chi connectivity index (χ1v) is 6.16. The van der Waals surface area contributed by atoms with E-state index in [1.807, 2.05) is 24.3 Å². The highest BCUT2D eigenvalue weighted by molar-refractivity contribution is 5.33. The SMILES string of the molecule is C#CCOc1cccc(OCCCCCC)c1. The van der Waals surface area contributed by atoms with Crippen LogP contribution in [0.2, 0.25) is 0 Å². The van der Waals surface area contributed by atoms with Crippen molar-refractivity contribution in [1.82, 2.24) is 0 Å². The Morgan fingerprint density at radius 2 is 1.88 bits per heavy atom. The van der Waals surface area contributed by atoms with Gasteiger partial charge in [0.05, 0.1) is 6.61 Å². The van der Waals surface area contributed by atoms with Gasteiger partial charge < -0.3 is 9.47 Å². The summed E-state index contributed by atoms with van der Waals surface area (Å²) >= 11 is 0. The van der Waals surface area contributed by atoms with E-state index in [2.05, 4.69) is 12.8 Å². The largest absolute Gasteiger partial charge is 0.493 e. The van der Waals surface area contributed by atoms with E-state index in [1.165, 1.54) is 19.3 Å². The lowest BCUT2D eigenvalue weighted by Crippen LogP contribution is -1.98. The lowest BCUT2D eigenvalue weighted by atomic mass is 10.2. The monoisotopic (exact) mass is 232 g/mol. The lowest BCUT2D eigenvalue weighted by Gasteiger charge is -2.08. The van der Waals surface area contributed by atoms with Gasteiger partial charge in [-0.3, -0.25) is 0 Å². The van der Waals surface area contributed by atoms with Gasteiger partial charge in [-0.25, -0.2) is 0 Å². The summed E-state index contributed by atoms with van der Waals surface area (Å²) in [5, 5.41) is 0. The number of hydrogen-bond acceptors (Lipinski definition) is 2. The van der Waals surface area contributed by atoms with Gasteiger partial charge in [-0.1, -0.05) is 38.2 Å². The number of unbranched alkanes of at least 4 members (excludes halogenated alkanes) is 3. The zero-order chi connectivity index (χ0) is 12.3. The van der Waals surface area contributed by atoms with E-state index in [0.29, 0.717) is 6.61 Å². The van der Waals surface area contributed by atoms with Gasteiger partial charge in [0.2, 0.25) is 0 Å². The Labute approximate surface area is 104 Å². The molecule has 0 aliphatic carbocycles. The zero-order valence-corrected chi connectivity index (χ0v) is 10.4. The number of rotatable bonds is 8. The molecule has 0 N–H and O–H groups in total. The van der Waals surface area contributed by atoms with Crippen molar-refractivity contribution in [1.29, 1.82) is 0 Å². The minimum atomic E-state index is 0.292. The van der Waals surface area contributed by atoms with Crippen LogP contribution in [0.1, 0.15) is 32.6 Å². The second-order valence-electron chi connectivity index (χ2n) is 3.88. The van der Waals surface area contributed by atoms with E-state index in [0.717, 1.165) is 24.5 Å². The van der Waals surface area contributed by atoms with Crippen molar-refractivity contribution in [2.75, 3.05) is 13.2 Å². The third-order valence-electron chi connectivity index (χ3n) is 2.39. The van der Waals surface area contributed by atoms with Crippen molar-refractivity contribution in [2.45, 2.75) is 32.6 Å². The molecular weight excluding hydrogens is 212 g/mol. The molecule has 1 aromatic rings. The highest BCUT2D eigenvalue weighted by atomic mass is 16.5. The molecule has 1 rings (SSSR count). The highest BCUT2D eigenvalue weighted by Crippen LogP contribution is 2.19. The van der Waals surface area contributed by atoms with Crippen molar-refractivity contribution in [2.24, 2.45) is 0 Å². The van der Waals surface area contributed by atoms with Crippen molar-refractivity contribution in [3.8, 4) is 23.8 Å². The molecule has 0 aliphatic rings. The molecule has 2 nitrogen and oxygen atoms in total. The molecule has 0 unspecified atom stereocenters. The molecule has 0 atom stereocenters. The van der Waals surface area contributed by atoms with Gasteiger partial charge in [0.15, 0.2) is 0 Å². The van der Waals surface area contributed by atoms with Crippen molar-refractivity contribution >= 4 is 0 Å². The van der Waals surface area contributed by atoms with Crippen LogP contribution >= 0.6 is 0 Å². The number of terminal acetylenes is 1. The predicted molar refractivity (Wildman–Crippen MR) is 70.4 cm³/mol. The summed E-state index contributed by atoms with van der Waals surface area (Å²) in [7, 11) is 0. The van der Waals surface area contributed by atoms with Gasteiger partial charge in [-0.05, 0) is 18.6 Å². The smallest absolute Gasteiger partial charge is 0.148 e. The first-order valence-electron chi connectivity index (χ1n) is 6.16. The maximum atomic E-state index is 5.64. The zero-order valence-electron chi connectivity index (χ0n) is 10.4. The maximum Gasteiger partial charge on any atom is 0.148 e. The summed E-state index contributed by atoms with van der Waals surface area (Å²) < 4.78 is 11.0. The number of hydrogen-bond donors (Lipinski definition) is 0. The van der Waals surface area contributed by atoms with E-state index in [1.54, 1.807) is 0 Å². The Morgan fingerprint density at radius 3 is 2.59 bits per heavy atom. The summed E-state index contributed by atoms with van der Waals surface area (Å²) in [5.74, 6) is 4.04. The molecule has 0 bridgehead atoms. The molecule has 0 amide bonds. The van der Waals surface area contributed by atoms with Crippen LogP contribution in [0.15, 0.2) is 24.3 Å². The Morgan fingerprint density at radius 1 is 1.12 bits per heavy atom. The molecule has 0 aliphatic heterocycles. The molecular formula is C15H20O2. The van der Waals surface area contributed by atoms with E-state index in [9.17, 15) is 0 Å². The summed E-state index contributed by atoms with van der Waals surface area (Å²) in [6.07, 6.45) is 9.98. The van der Waals surface area contributed by atoms with Crippen LogP contribution in [-0.2, 0) is 0 Å². The van der Waals surface area contributed by atoms with E-state index < -0.39 is 0 Å². The van der Waals surface area contributed by atoms with Crippen molar-refractivity contribution in [3.63, 3.8) is 0 Å². The Balaban J connectivity index is 2.30. The quantitative estimate of drug-likeness (QED) is 0.503. The van der Waals surface area contributed by atoms with Crippen LogP contribution < -0.4 is 9.47 Å². The fourth-order valence-corrected chi connectivity index (χ4v) is 1.50. The Hall–Kier alpha value is -1.62. The van der Waals surface area contributed by atoms with Gasteiger partial charge in [-0.2, -0.15) is 0 Å². The van der Waals surface area contributed by atoms with Crippen LogP contribution in [0.4, 0.5) is 0 Å². The minimum absolute atomic E-state index is 0.292. The normalized spacial score (nSPS) is 9.65. The Kier molecular flexibility index (Phi) is 6.74. The van der Waals surface area contributed by atoms with Crippen LogP contribution in [0, 0.1) is 12.3 Å². The van der Waals surface area contributed by atoms with Crippen LogP contribution in [0.5, 0.6) is 11.5 Å². The van der Waals surface area contributed by atoms with Gasteiger partial charge in [0.25, 0.3) is 0 Å². The summed E-state index contributed by atoms with van der Waals surface area (Å²) in [6, 6.07) is 7.59. The van der Waals surface area contributed by atoms with Gasteiger partial charge in [0.1, 0.15) is 18.1 Å². The minimum Gasteiger partial charge on any atom is -0.493 e. The maximum absolute atomic E-state index is 5.64. The van der Waals surface area contributed by atoms with Gasteiger partial charge in [0, 0.05) is 6.07 Å². The third kappa shape index (κ3) is 5.87. The first kappa shape index (κ1) is 13.4. The molecule has 1 aromatic carbocycles. The molecule has 0 fully saturated rings. The summed E-state index contributed by atoms with van der Waals surface area (Å²) in [5.41, 5.74) is 0. The van der Waals surface area contributed by atoms with Crippen LogP contribution in [0.25, 0.3) is 0 Å². The second kappa shape index (κ2) is 8.52. The molecule has 0 heterocycles. The number of ether oxygens (including phenoxy) is 2. The van der Waals surface area contributed by atoms with Crippen molar-refractivity contribution in [3.05, 3.63) is 24.3 Å². The molecule has 2 heteroatoms. The highest BCUT2D eigenvalue weighted by Gasteiger charge is 1.97. The third-order valence-corrected chi connectivity index (χ3v) is 2.39. The van der Waals surface area contributed by atoms with Crippen LogP contribution in [-0.4, -0.2) is 13.2 Å². The van der Waals surface area contributed by atoms with Crippen LogP contribution in [0.3, 0.4) is 0 Å². The average Bonchev–Trinajstić information content (AvgIpc) is 2.37. The topological polar surface area (TPSA) is 18.5 Å². The van der Waals surface area contributed by atoms with Gasteiger partial charge in [-0.15, -0.1) is 6.42 Å². The fourth-order valence-electron chi connectivity index (χ4n) is 1.50. The molecule has 0 aromatic heterocycles. The van der Waals surface area contributed by atoms with Crippen molar-refractivity contribution < 1.29 is 9.47 Å².